The molecule has 1 aliphatic carbocycles. The Morgan fingerprint density at radius 3 is 2.75 bits per heavy atom. The number of hydrogen-bond acceptors (Lipinski definition) is 3. The summed E-state index contributed by atoms with van der Waals surface area (Å²) in [6, 6.07) is 10.0. The summed E-state index contributed by atoms with van der Waals surface area (Å²) >= 11 is 0. The van der Waals surface area contributed by atoms with Crippen molar-refractivity contribution in [1.82, 2.24) is 20.0 Å². The summed E-state index contributed by atoms with van der Waals surface area (Å²) in [7, 11) is 0. The van der Waals surface area contributed by atoms with Crippen molar-refractivity contribution in [2.75, 3.05) is 19.6 Å². The van der Waals surface area contributed by atoms with E-state index in [0.29, 0.717) is 31.7 Å². The highest BCUT2D eigenvalue weighted by atomic mass is 16.2. The van der Waals surface area contributed by atoms with Gasteiger partial charge in [-0.1, -0.05) is 36.9 Å². The molecule has 2 heterocycles. The molecular formula is C22H26N4O2. The number of H-pyrrole nitrogens is 1. The molecule has 1 aliphatic heterocycles. The molecule has 1 atom stereocenters. The Bertz CT molecular complexity index is 874. The Balaban J connectivity index is 1.59. The highest BCUT2D eigenvalue weighted by molar-refractivity contribution is 5.94. The van der Waals surface area contributed by atoms with Crippen LogP contribution in [0.1, 0.15) is 40.2 Å². The van der Waals surface area contributed by atoms with Crippen LogP contribution < -0.4 is 0 Å². The number of hydrogen-bond donors (Lipinski definition) is 1. The van der Waals surface area contributed by atoms with Crippen LogP contribution in [-0.2, 0) is 24.1 Å². The first-order chi connectivity index (χ1) is 13.7. The van der Waals surface area contributed by atoms with Crippen LogP contribution in [0.3, 0.4) is 0 Å². The van der Waals surface area contributed by atoms with Crippen molar-refractivity contribution in [2.45, 2.75) is 38.1 Å². The van der Waals surface area contributed by atoms with Gasteiger partial charge in [0.2, 0.25) is 5.91 Å². The van der Waals surface area contributed by atoms with Gasteiger partial charge in [-0.25, -0.2) is 0 Å². The molecule has 146 valence electrons. The number of nitrogens with one attached hydrogen (secondary N) is 1. The van der Waals surface area contributed by atoms with Crippen LogP contribution in [0.25, 0.3) is 0 Å². The average molecular weight is 378 g/mol. The molecule has 1 saturated heterocycles. The predicted molar refractivity (Wildman–Crippen MR) is 107 cm³/mol. The van der Waals surface area contributed by atoms with Gasteiger partial charge in [0.05, 0.1) is 6.04 Å². The van der Waals surface area contributed by atoms with Gasteiger partial charge in [-0.05, 0) is 43.7 Å². The molecular weight excluding hydrogens is 352 g/mol. The lowest BCUT2D eigenvalue weighted by molar-refractivity contribution is -0.128. The Labute approximate surface area is 165 Å². The quantitative estimate of drug-likeness (QED) is 0.831. The van der Waals surface area contributed by atoms with Crippen molar-refractivity contribution in [1.29, 1.82) is 0 Å². The third-order valence-corrected chi connectivity index (χ3v) is 5.80. The average Bonchev–Trinajstić information content (AvgIpc) is 3.17. The first-order valence-corrected chi connectivity index (χ1v) is 9.99. The summed E-state index contributed by atoms with van der Waals surface area (Å²) < 4.78 is 0. The zero-order chi connectivity index (χ0) is 19.5. The summed E-state index contributed by atoms with van der Waals surface area (Å²) in [6.45, 7) is 5.15. The molecule has 0 radical (unpaired) electrons. The number of benzene rings is 1. The minimum Gasteiger partial charge on any atom is -0.335 e. The van der Waals surface area contributed by atoms with Crippen LogP contribution in [-0.4, -0.2) is 57.5 Å². The topological polar surface area (TPSA) is 69.3 Å². The van der Waals surface area contributed by atoms with Crippen LogP contribution in [0.4, 0.5) is 0 Å². The third kappa shape index (κ3) is 3.59. The number of amides is 2. The van der Waals surface area contributed by atoms with Crippen molar-refractivity contribution in [3.63, 3.8) is 0 Å². The normalized spacial score (nSPS) is 19.2. The number of aromatic amines is 1. The van der Waals surface area contributed by atoms with Crippen molar-refractivity contribution in [3.8, 4) is 0 Å². The van der Waals surface area contributed by atoms with Crippen LogP contribution in [0.5, 0.6) is 0 Å². The number of fused-ring (bicyclic) bond motifs is 1. The van der Waals surface area contributed by atoms with Crippen molar-refractivity contribution >= 4 is 11.8 Å². The highest BCUT2D eigenvalue weighted by Crippen LogP contribution is 2.25. The van der Waals surface area contributed by atoms with E-state index in [1.165, 1.54) is 6.08 Å². The smallest absolute Gasteiger partial charge is 0.275 e. The maximum atomic E-state index is 13.4. The first kappa shape index (κ1) is 18.5. The number of rotatable bonds is 4. The summed E-state index contributed by atoms with van der Waals surface area (Å²) in [5.41, 5.74) is 3.91. The fraction of sp³-hybridized carbons (Fsp3) is 0.409. The van der Waals surface area contributed by atoms with E-state index in [1.54, 1.807) is 4.90 Å². The van der Waals surface area contributed by atoms with Gasteiger partial charge in [-0.3, -0.25) is 14.7 Å². The molecule has 2 aliphatic rings. The Kier molecular flexibility index (Phi) is 5.28. The molecule has 0 bridgehead atoms. The molecule has 2 aromatic rings. The van der Waals surface area contributed by atoms with Crippen molar-refractivity contribution in [2.24, 2.45) is 0 Å². The molecule has 0 saturated carbocycles. The molecule has 1 aromatic heterocycles. The summed E-state index contributed by atoms with van der Waals surface area (Å²) in [4.78, 5) is 29.2. The Hall–Kier alpha value is -2.89. The zero-order valence-electron chi connectivity index (χ0n) is 16.1. The van der Waals surface area contributed by atoms with Crippen molar-refractivity contribution in [3.05, 3.63) is 65.5 Å². The van der Waals surface area contributed by atoms with E-state index >= 15 is 0 Å². The maximum Gasteiger partial charge on any atom is 0.275 e. The molecule has 2 amide bonds. The number of nitrogens with zero attached hydrogens (tertiary/aromatic N) is 3. The molecule has 1 unspecified atom stereocenters. The fourth-order valence-corrected chi connectivity index (χ4v) is 4.31. The number of aryl methyl sites for hydroxylation is 1. The van der Waals surface area contributed by atoms with Crippen LogP contribution in [0.15, 0.2) is 43.0 Å². The first-order valence-electron chi connectivity index (χ1n) is 9.99. The highest BCUT2D eigenvalue weighted by Gasteiger charge is 2.35. The number of carbonyl (C=O) groups excluding carboxylic acids is 2. The molecule has 28 heavy (non-hydrogen) atoms. The van der Waals surface area contributed by atoms with E-state index < -0.39 is 0 Å². The molecule has 6 nitrogen and oxygen atoms in total. The Morgan fingerprint density at radius 2 is 1.96 bits per heavy atom. The second kappa shape index (κ2) is 8.00. The molecule has 1 fully saturated rings. The molecule has 1 aromatic carbocycles. The lowest BCUT2D eigenvalue weighted by Crippen LogP contribution is -2.57. The van der Waals surface area contributed by atoms with Gasteiger partial charge in [-0.15, -0.1) is 0 Å². The van der Waals surface area contributed by atoms with Crippen LogP contribution in [0.2, 0.25) is 0 Å². The standard InChI is InChI=1S/C22H26N4O2/c1-2-20(27)25-12-13-26(17(15-25)14-16-8-4-3-5-9-16)22(28)21-18-10-6-7-11-19(18)23-24-21/h2-5,8-9,17H,1,6-7,10-15H2,(H,23,24). The third-order valence-electron chi connectivity index (χ3n) is 5.80. The summed E-state index contributed by atoms with van der Waals surface area (Å²) in [5.74, 6) is -0.103. The van der Waals surface area contributed by atoms with E-state index in [4.69, 9.17) is 0 Å². The van der Waals surface area contributed by atoms with Gasteiger partial charge in [-0.2, -0.15) is 5.10 Å². The molecule has 6 heteroatoms. The second-order valence-electron chi connectivity index (χ2n) is 7.57. The van der Waals surface area contributed by atoms with E-state index in [9.17, 15) is 9.59 Å². The summed E-state index contributed by atoms with van der Waals surface area (Å²) in [5, 5.41) is 7.44. The molecule has 0 spiro atoms. The van der Waals surface area contributed by atoms with E-state index in [1.807, 2.05) is 23.1 Å². The number of carbonyl (C=O) groups is 2. The SMILES string of the molecule is C=CC(=O)N1CCN(C(=O)c2n[nH]c3c2CCCC3)C(Cc2ccccc2)C1. The zero-order valence-corrected chi connectivity index (χ0v) is 16.1. The molecule has 4 rings (SSSR count). The van der Waals surface area contributed by atoms with E-state index in [-0.39, 0.29) is 17.9 Å². The van der Waals surface area contributed by atoms with Crippen LogP contribution in [0, 0.1) is 0 Å². The number of aromatic nitrogens is 2. The van der Waals surface area contributed by atoms with Gasteiger partial charge in [0.25, 0.3) is 5.91 Å². The van der Waals surface area contributed by atoms with Gasteiger partial charge in [0.15, 0.2) is 5.69 Å². The minimum absolute atomic E-state index is 0.0222. The summed E-state index contributed by atoms with van der Waals surface area (Å²) in [6.07, 6.45) is 6.17. The molecule has 1 N–H and O–H groups in total. The fourth-order valence-electron chi connectivity index (χ4n) is 4.31. The van der Waals surface area contributed by atoms with Gasteiger partial charge in [0, 0.05) is 30.9 Å². The minimum atomic E-state index is -0.0812. The van der Waals surface area contributed by atoms with E-state index in [0.717, 1.165) is 42.5 Å². The second-order valence-corrected chi connectivity index (χ2v) is 7.57. The largest absolute Gasteiger partial charge is 0.335 e. The van der Waals surface area contributed by atoms with Crippen molar-refractivity contribution < 1.29 is 9.59 Å². The van der Waals surface area contributed by atoms with Gasteiger partial charge < -0.3 is 9.80 Å². The Morgan fingerprint density at radius 1 is 1.18 bits per heavy atom. The lowest BCUT2D eigenvalue weighted by Gasteiger charge is -2.41. The number of piperazine rings is 1. The predicted octanol–water partition coefficient (Wildman–Crippen LogP) is 2.37. The van der Waals surface area contributed by atoms with Crippen LogP contribution >= 0.6 is 0 Å². The van der Waals surface area contributed by atoms with Gasteiger partial charge >= 0.3 is 0 Å². The van der Waals surface area contributed by atoms with E-state index in [2.05, 4.69) is 28.9 Å². The monoisotopic (exact) mass is 378 g/mol. The maximum absolute atomic E-state index is 13.4. The van der Waals surface area contributed by atoms with Gasteiger partial charge in [0.1, 0.15) is 0 Å². The lowest BCUT2D eigenvalue weighted by atomic mass is 9.95.